The lowest BCUT2D eigenvalue weighted by atomic mass is 9.93. The fourth-order valence-electron chi connectivity index (χ4n) is 4.00. The van der Waals surface area contributed by atoms with E-state index in [4.69, 9.17) is 16.3 Å². The molecule has 33 heavy (non-hydrogen) atoms. The second kappa shape index (κ2) is 8.67. The number of pyridine rings is 1. The average molecular weight is 467 g/mol. The highest BCUT2D eigenvalue weighted by molar-refractivity contribution is 6.51. The number of nitrogens with zero attached hydrogens (tertiary/aromatic N) is 2. The van der Waals surface area contributed by atoms with Crippen LogP contribution in [0.2, 0.25) is 5.02 Å². The molecule has 2 heterocycles. The number of aliphatic hydroxyl groups is 1. The number of Topliss-reactive ketones (excluding diaryl/α,β-unsaturated/α-hetero) is 1. The van der Waals surface area contributed by atoms with Crippen molar-refractivity contribution in [2.75, 3.05) is 12.0 Å². The number of carbonyl (C=O) groups excluding carboxylic acids is 2. The van der Waals surface area contributed by atoms with E-state index in [0.29, 0.717) is 22.4 Å². The molecular weight excluding hydrogens is 447 g/mol. The van der Waals surface area contributed by atoms with Crippen molar-refractivity contribution in [3.05, 3.63) is 93.5 Å². The van der Waals surface area contributed by atoms with Crippen LogP contribution in [0.5, 0.6) is 5.75 Å². The van der Waals surface area contributed by atoms with Crippen LogP contribution < -0.4 is 9.64 Å². The molecule has 0 spiro atoms. The maximum atomic E-state index is 13.8. The van der Waals surface area contributed by atoms with Gasteiger partial charge in [-0.05, 0) is 73.0 Å². The second-order valence-electron chi connectivity index (χ2n) is 7.68. The van der Waals surface area contributed by atoms with Crippen LogP contribution in [0.4, 0.5) is 10.1 Å². The highest BCUT2D eigenvalue weighted by Gasteiger charge is 2.47. The zero-order chi connectivity index (χ0) is 23.9. The van der Waals surface area contributed by atoms with Gasteiger partial charge in [-0.1, -0.05) is 11.6 Å². The molecule has 0 radical (unpaired) electrons. The van der Waals surface area contributed by atoms with Crippen LogP contribution in [0.15, 0.2) is 60.4 Å². The summed E-state index contributed by atoms with van der Waals surface area (Å²) in [5.74, 6) is -2.04. The standard InChI is InChI=1S/C25H20ClFN2O4/c1-13-11-20(33-3)14(2)10-17(13)23(30)21-22(15-6-8-28-9-7-15)29(25(32)24(21)31)16-4-5-19(27)18(26)12-16/h4-12,22,30H,1-3H3/b23-21+. The third-order valence-corrected chi connectivity index (χ3v) is 5.93. The quantitative estimate of drug-likeness (QED) is 0.328. The summed E-state index contributed by atoms with van der Waals surface area (Å²) in [5, 5.41) is 11.1. The van der Waals surface area contributed by atoms with Gasteiger partial charge in [0.05, 0.1) is 23.7 Å². The molecule has 1 aliphatic rings. The number of hydrogen-bond donors (Lipinski definition) is 1. The van der Waals surface area contributed by atoms with Crippen LogP contribution in [0.3, 0.4) is 0 Å². The van der Waals surface area contributed by atoms with E-state index in [1.54, 1.807) is 38.3 Å². The maximum Gasteiger partial charge on any atom is 0.300 e. The van der Waals surface area contributed by atoms with E-state index in [2.05, 4.69) is 4.98 Å². The smallest absolute Gasteiger partial charge is 0.300 e. The van der Waals surface area contributed by atoms with Crippen molar-refractivity contribution in [2.24, 2.45) is 0 Å². The predicted octanol–water partition coefficient (Wildman–Crippen LogP) is 5.13. The molecule has 1 saturated heterocycles. The van der Waals surface area contributed by atoms with Gasteiger partial charge in [0.25, 0.3) is 11.7 Å². The molecule has 1 N–H and O–H groups in total. The van der Waals surface area contributed by atoms with Crippen molar-refractivity contribution in [3.63, 3.8) is 0 Å². The van der Waals surface area contributed by atoms with E-state index in [9.17, 15) is 19.1 Å². The molecule has 0 bridgehead atoms. The van der Waals surface area contributed by atoms with Gasteiger partial charge in [-0.25, -0.2) is 4.39 Å². The van der Waals surface area contributed by atoms with E-state index in [-0.39, 0.29) is 22.0 Å². The molecule has 168 valence electrons. The Hall–Kier alpha value is -3.71. The molecule has 3 aromatic rings. The van der Waals surface area contributed by atoms with Gasteiger partial charge in [-0.3, -0.25) is 19.5 Å². The molecular formula is C25H20ClFN2O4. The molecule has 1 aromatic heterocycles. The minimum Gasteiger partial charge on any atom is -0.507 e. The molecule has 2 aromatic carbocycles. The first-order valence-electron chi connectivity index (χ1n) is 10.1. The molecule has 0 saturated carbocycles. The van der Waals surface area contributed by atoms with Gasteiger partial charge in [-0.2, -0.15) is 0 Å². The van der Waals surface area contributed by atoms with E-state index >= 15 is 0 Å². The summed E-state index contributed by atoms with van der Waals surface area (Å²) >= 11 is 5.95. The largest absolute Gasteiger partial charge is 0.507 e. The maximum absolute atomic E-state index is 13.8. The summed E-state index contributed by atoms with van der Waals surface area (Å²) in [5.41, 5.74) is 2.52. The number of ketones is 1. The highest BCUT2D eigenvalue weighted by atomic mass is 35.5. The number of methoxy groups -OCH3 is 1. The average Bonchev–Trinajstić information content (AvgIpc) is 3.07. The van der Waals surface area contributed by atoms with Crippen LogP contribution in [0.25, 0.3) is 5.76 Å². The Balaban J connectivity index is 1.97. The zero-order valence-corrected chi connectivity index (χ0v) is 18.9. The number of hydrogen-bond acceptors (Lipinski definition) is 5. The van der Waals surface area contributed by atoms with Gasteiger partial charge in [0.15, 0.2) is 0 Å². The van der Waals surface area contributed by atoms with Crippen LogP contribution >= 0.6 is 11.6 Å². The Morgan fingerprint density at radius 2 is 1.79 bits per heavy atom. The third kappa shape index (κ3) is 3.85. The van der Waals surface area contributed by atoms with Crippen molar-refractivity contribution in [3.8, 4) is 5.75 Å². The Labute approximate surface area is 194 Å². The van der Waals surface area contributed by atoms with Gasteiger partial charge in [0.1, 0.15) is 17.3 Å². The second-order valence-corrected chi connectivity index (χ2v) is 8.09. The van der Waals surface area contributed by atoms with Gasteiger partial charge in [0, 0.05) is 23.6 Å². The molecule has 1 amide bonds. The Kier molecular flexibility index (Phi) is 5.91. The molecule has 1 unspecified atom stereocenters. The van der Waals surface area contributed by atoms with Crippen molar-refractivity contribution < 1.29 is 23.8 Å². The summed E-state index contributed by atoms with van der Waals surface area (Å²) in [4.78, 5) is 31.6. The van der Waals surface area contributed by atoms with Crippen LogP contribution in [-0.4, -0.2) is 28.9 Å². The number of halogens is 2. The summed E-state index contributed by atoms with van der Waals surface area (Å²) in [6.45, 7) is 3.59. The van der Waals surface area contributed by atoms with Gasteiger partial charge in [0.2, 0.25) is 0 Å². The molecule has 1 fully saturated rings. The number of aromatic nitrogens is 1. The summed E-state index contributed by atoms with van der Waals surface area (Å²) in [6.07, 6.45) is 3.05. The highest BCUT2D eigenvalue weighted by Crippen LogP contribution is 2.43. The lowest BCUT2D eigenvalue weighted by Crippen LogP contribution is -2.29. The number of aliphatic hydroxyl groups excluding tert-OH is 1. The van der Waals surface area contributed by atoms with Gasteiger partial charge in [-0.15, -0.1) is 0 Å². The first-order valence-corrected chi connectivity index (χ1v) is 10.4. The summed E-state index contributed by atoms with van der Waals surface area (Å²) in [7, 11) is 1.55. The number of ether oxygens (including phenoxy) is 1. The number of rotatable bonds is 4. The third-order valence-electron chi connectivity index (χ3n) is 5.64. The molecule has 1 aliphatic heterocycles. The Morgan fingerprint density at radius 1 is 1.09 bits per heavy atom. The van der Waals surface area contributed by atoms with Crippen molar-refractivity contribution in [1.82, 2.24) is 4.98 Å². The number of anilines is 1. The number of carbonyl (C=O) groups is 2. The lowest BCUT2D eigenvalue weighted by Gasteiger charge is -2.25. The normalized spacial score (nSPS) is 17.5. The number of amides is 1. The fraction of sp³-hybridized carbons (Fsp3) is 0.160. The van der Waals surface area contributed by atoms with Crippen molar-refractivity contribution >= 4 is 34.7 Å². The van der Waals surface area contributed by atoms with Crippen LogP contribution in [0.1, 0.15) is 28.3 Å². The van der Waals surface area contributed by atoms with E-state index < -0.39 is 23.5 Å². The molecule has 8 heteroatoms. The Bertz CT molecular complexity index is 1310. The first kappa shape index (κ1) is 22.5. The minimum atomic E-state index is -0.962. The van der Waals surface area contributed by atoms with Gasteiger partial charge < -0.3 is 9.84 Å². The van der Waals surface area contributed by atoms with Crippen LogP contribution in [0, 0.1) is 19.7 Å². The van der Waals surface area contributed by atoms with Crippen LogP contribution in [-0.2, 0) is 9.59 Å². The first-order chi connectivity index (χ1) is 15.7. The zero-order valence-electron chi connectivity index (χ0n) is 18.1. The van der Waals surface area contributed by atoms with E-state index in [1.807, 2.05) is 6.92 Å². The minimum absolute atomic E-state index is 0.0840. The van der Waals surface area contributed by atoms with Crippen molar-refractivity contribution in [2.45, 2.75) is 19.9 Å². The van der Waals surface area contributed by atoms with Gasteiger partial charge >= 0.3 is 0 Å². The molecule has 6 nitrogen and oxygen atoms in total. The molecule has 1 atom stereocenters. The fourth-order valence-corrected chi connectivity index (χ4v) is 4.18. The SMILES string of the molecule is COc1cc(C)c(/C(O)=C2\C(=O)C(=O)N(c3ccc(F)c(Cl)c3)C2c2ccncc2)cc1C. The lowest BCUT2D eigenvalue weighted by molar-refractivity contribution is -0.132. The van der Waals surface area contributed by atoms with Crippen molar-refractivity contribution in [1.29, 1.82) is 0 Å². The monoisotopic (exact) mass is 466 g/mol. The topological polar surface area (TPSA) is 79.7 Å². The number of aryl methyl sites for hydroxylation is 2. The van der Waals surface area contributed by atoms with E-state index in [1.165, 1.54) is 29.4 Å². The summed E-state index contributed by atoms with van der Waals surface area (Å²) < 4.78 is 19.1. The predicted molar refractivity (Wildman–Crippen MR) is 123 cm³/mol. The summed E-state index contributed by atoms with van der Waals surface area (Å²) in [6, 6.07) is 9.55. The molecule has 0 aliphatic carbocycles. The Morgan fingerprint density at radius 3 is 2.42 bits per heavy atom. The molecule has 4 rings (SSSR count). The van der Waals surface area contributed by atoms with E-state index in [0.717, 1.165) is 11.6 Å². The number of benzene rings is 2.